The fourth-order valence-corrected chi connectivity index (χ4v) is 5.04. The third kappa shape index (κ3) is 2.94. The van der Waals surface area contributed by atoms with Crippen LogP contribution in [0, 0.1) is 12.8 Å². The number of benzene rings is 1. The van der Waals surface area contributed by atoms with Gasteiger partial charge in [0, 0.05) is 16.8 Å². The Kier molecular flexibility index (Phi) is 4.46. The predicted octanol–water partition coefficient (Wildman–Crippen LogP) is 4.09. The summed E-state index contributed by atoms with van der Waals surface area (Å²) >= 11 is 5.54. The summed E-state index contributed by atoms with van der Waals surface area (Å²) in [6.45, 7) is 2.86. The monoisotopic (exact) mass is 356 g/mol. The zero-order chi connectivity index (χ0) is 14.2. The molecule has 4 heteroatoms. The van der Waals surface area contributed by atoms with Crippen molar-refractivity contribution in [3.8, 4) is 0 Å². The Labute approximate surface area is 133 Å². The molecule has 1 spiro atoms. The number of thioether (sulfide) groups is 1. The van der Waals surface area contributed by atoms with Crippen molar-refractivity contribution in [2.45, 2.75) is 37.9 Å². The second-order valence-corrected chi connectivity index (χ2v) is 8.00. The molecule has 3 rings (SSSR count). The minimum Gasteiger partial charge on any atom is -0.388 e. The maximum Gasteiger partial charge on any atom is 0.0820 e. The van der Waals surface area contributed by atoms with Crippen molar-refractivity contribution in [1.82, 2.24) is 0 Å². The molecule has 2 heterocycles. The van der Waals surface area contributed by atoms with Gasteiger partial charge in [0.05, 0.1) is 11.7 Å². The molecule has 0 saturated carbocycles. The molecule has 2 nitrogen and oxygen atoms in total. The highest BCUT2D eigenvalue weighted by molar-refractivity contribution is 9.10. The predicted molar refractivity (Wildman–Crippen MR) is 87.2 cm³/mol. The van der Waals surface area contributed by atoms with Crippen molar-refractivity contribution >= 4 is 27.7 Å². The highest BCUT2D eigenvalue weighted by atomic mass is 79.9. The number of aliphatic hydroxyl groups excluding tert-OH is 1. The van der Waals surface area contributed by atoms with E-state index in [4.69, 9.17) is 4.74 Å². The molecule has 2 saturated heterocycles. The van der Waals surface area contributed by atoms with Crippen LogP contribution in [-0.2, 0) is 4.74 Å². The van der Waals surface area contributed by atoms with E-state index in [0.717, 1.165) is 41.7 Å². The number of aliphatic hydroxyl groups is 1. The Morgan fingerprint density at radius 1 is 1.50 bits per heavy atom. The molecule has 3 atom stereocenters. The fourth-order valence-electron chi connectivity index (χ4n) is 3.26. The van der Waals surface area contributed by atoms with E-state index in [1.54, 1.807) is 0 Å². The lowest BCUT2D eigenvalue weighted by molar-refractivity contribution is -0.102. The first-order valence-electron chi connectivity index (χ1n) is 7.25. The van der Waals surface area contributed by atoms with Crippen molar-refractivity contribution < 1.29 is 9.84 Å². The molecular weight excluding hydrogens is 336 g/mol. The Morgan fingerprint density at radius 3 is 3.05 bits per heavy atom. The molecule has 2 aliphatic rings. The number of aryl methyl sites for hydroxylation is 1. The van der Waals surface area contributed by atoms with Gasteiger partial charge in [-0.3, -0.25) is 0 Å². The van der Waals surface area contributed by atoms with Crippen LogP contribution < -0.4 is 0 Å². The van der Waals surface area contributed by atoms with Crippen molar-refractivity contribution in [3.63, 3.8) is 0 Å². The molecule has 20 heavy (non-hydrogen) atoms. The van der Waals surface area contributed by atoms with Crippen LogP contribution in [0.2, 0.25) is 0 Å². The van der Waals surface area contributed by atoms with Crippen LogP contribution in [0.4, 0.5) is 0 Å². The molecule has 0 radical (unpaired) electrons. The van der Waals surface area contributed by atoms with Gasteiger partial charge in [-0.1, -0.05) is 28.1 Å². The molecule has 2 aliphatic heterocycles. The third-order valence-corrected chi connectivity index (χ3v) is 6.66. The van der Waals surface area contributed by atoms with Crippen LogP contribution >= 0.6 is 27.7 Å². The van der Waals surface area contributed by atoms with Gasteiger partial charge in [-0.2, -0.15) is 11.8 Å². The molecule has 0 bridgehead atoms. The summed E-state index contributed by atoms with van der Waals surface area (Å²) in [6.07, 6.45) is 2.71. The molecular formula is C16H21BrO2S. The fraction of sp³-hybridized carbons (Fsp3) is 0.625. The van der Waals surface area contributed by atoms with Crippen LogP contribution in [0.25, 0.3) is 0 Å². The second-order valence-electron chi connectivity index (χ2n) is 6.04. The summed E-state index contributed by atoms with van der Waals surface area (Å²) in [5, 5.41) is 10.7. The second kappa shape index (κ2) is 5.99. The topological polar surface area (TPSA) is 29.5 Å². The van der Waals surface area contributed by atoms with Crippen LogP contribution in [0.15, 0.2) is 22.7 Å². The largest absolute Gasteiger partial charge is 0.388 e. The van der Waals surface area contributed by atoms with Crippen molar-refractivity contribution in [2.24, 2.45) is 5.92 Å². The van der Waals surface area contributed by atoms with Gasteiger partial charge >= 0.3 is 0 Å². The minimum absolute atomic E-state index is 0.0382. The first-order valence-corrected chi connectivity index (χ1v) is 9.20. The number of hydrogen-bond acceptors (Lipinski definition) is 3. The standard InChI is InChI=1S/C16H21BrO2S/c1-11-2-3-12(8-14(11)17)15(18)13-4-6-19-16(9-13)5-7-20-10-16/h2-3,8,13,15,18H,4-7,9-10H2,1H3. The lowest BCUT2D eigenvalue weighted by Crippen LogP contribution is -2.41. The molecule has 1 aromatic rings. The van der Waals surface area contributed by atoms with Gasteiger partial charge in [-0.25, -0.2) is 0 Å². The van der Waals surface area contributed by atoms with Gasteiger partial charge in [0.1, 0.15) is 0 Å². The summed E-state index contributed by atoms with van der Waals surface area (Å²) in [7, 11) is 0. The van der Waals surface area contributed by atoms with Gasteiger partial charge in [0.15, 0.2) is 0 Å². The molecule has 0 aromatic heterocycles. The van der Waals surface area contributed by atoms with Crippen molar-refractivity contribution in [3.05, 3.63) is 33.8 Å². The quantitative estimate of drug-likeness (QED) is 0.864. The molecule has 0 amide bonds. The first kappa shape index (κ1) is 14.9. The maximum absolute atomic E-state index is 10.7. The summed E-state index contributed by atoms with van der Waals surface area (Å²) in [5.41, 5.74) is 2.27. The molecule has 1 aromatic carbocycles. The van der Waals surface area contributed by atoms with E-state index in [9.17, 15) is 5.11 Å². The summed E-state index contributed by atoms with van der Waals surface area (Å²) < 4.78 is 7.12. The molecule has 1 N–H and O–H groups in total. The van der Waals surface area contributed by atoms with E-state index in [1.807, 2.05) is 11.8 Å². The highest BCUT2D eigenvalue weighted by Crippen LogP contribution is 2.44. The zero-order valence-corrected chi connectivity index (χ0v) is 14.2. The lowest BCUT2D eigenvalue weighted by atomic mass is 9.80. The molecule has 3 unspecified atom stereocenters. The highest BCUT2D eigenvalue weighted by Gasteiger charge is 2.42. The van der Waals surface area contributed by atoms with E-state index in [1.165, 1.54) is 11.3 Å². The van der Waals surface area contributed by atoms with E-state index in [0.29, 0.717) is 5.92 Å². The maximum atomic E-state index is 10.7. The van der Waals surface area contributed by atoms with Crippen LogP contribution in [0.5, 0.6) is 0 Å². The average Bonchev–Trinajstić information content (AvgIpc) is 2.89. The van der Waals surface area contributed by atoms with Crippen molar-refractivity contribution in [1.29, 1.82) is 0 Å². The van der Waals surface area contributed by atoms with Crippen LogP contribution in [0.1, 0.15) is 36.5 Å². The van der Waals surface area contributed by atoms with E-state index < -0.39 is 0 Å². The Hall–Kier alpha value is -0.0300. The molecule has 2 fully saturated rings. The number of hydrogen-bond donors (Lipinski definition) is 1. The van der Waals surface area contributed by atoms with Gasteiger partial charge in [-0.15, -0.1) is 0 Å². The van der Waals surface area contributed by atoms with Gasteiger partial charge in [-0.05, 0) is 55.1 Å². The van der Waals surface area contributed by atoms with Gasteiger partial charge < -0.3 is 9.84 Å². The van der Waals surface area contributed by atoms with Gasteiger partial charge in [0.2, 0.25) is 0 Å². The van der Waals surface area contributed by atoms with Crippen molar-refractivity contribution in [2.75, 3.05) is 18.1 Å². The Balaban J connectivity index is 1.75. The molecule has 110 valence electrons. The Bertz CT molecular complexity index is 485. The number of rotatable bonds is 2. The smallest absolute Gasteiger partial charge is 0.0820 e. The SMILES string of the molecule is Cc1ccc(C(O)C2CCOC3(CCSC3)C2)cc1Br. The van der Waals surface area contributed by atoms with E-state index in [2.05, 4.69) is 41.1 Å². The van der Waals surface area contributed by atoms with Crippen LogP contribution in [0.3, 0.4) is 0 Å². The summed E-state index contributed by atoms with van der Waals surface area (Å²) in [4.78, 5) is 0. The van der Waals surface area contributed by atoms with E-state index in [-0.39, 0.29) is 11.7 Å². The third-order valence-electron chi connectivity index (χ3n) is 4.58. The minimum atomic E-state index is -0.377. The number of ether oxygens (including phenoxy) is 1. The zero-order valence-electron chi connectivity index (χ0n) is 11.8. The van der Waals surface area contributed by atoms with Gasteiger partial charge in [0.25, 0.3) is 0 Å². The number of halogens is 1. The van der Waals surface area contributed by atoms with Crippen LogP contribution in [-0.4, -0.2) is 28.8 Å². The van der Waals surface area contributed by atoms with E-state index >= 15 is 0 Å². The molecule has 0 aliphatic carbocycles. The summed E-state index contributed by atoms with van der Waals surface area (Å²) in [5.74, 6) is 2.60. The Morgan fingerprint density at radius 2 is 2.35 bits per heavy atom. The average molecular weight is 357 g/mol. The first-order chi connectivity index (χ1) is 9.60. The lowest BCUT2D eigenvalue weighted by Gasteiger charge is -2.39. The summed E-state index contributed by atoms with van der Waals surface area (Å²) in [6, 6.07) is 6.19. The normalized spacial score (nSPS) is 31.6.